The lowest BCUT2D eigenvalue weighted by atomic mass is 9.49. The van der Waals surface area contributed by atoms with Crippen molar-refractivity contribution in [2.45, 2.75) is 38.1 Å². The van der Waals surface area contributed by atoms with Gasteiger partial charge in [0.2, 0.25) is 0 Å². The van der Waals surface area contributed by atoms with Crippen LogP contribution in [0, 0.1) is 5.41 Å². The van der Waals surface area contributed by atoms with Crippen molar-refractivity contribution in [3.8, 4) is 0 Å². The molecule has 0 radical (unpaired) electrons. The summed E-state index contributed by atoms with van der Waals surface area (Å²) in [6, 6.07) is 7.46. The molecular formula is C21H19F3N2O3. The van der Waals surface area contributed by atoms with E-state index >= 15 is 0 Å². The third-order valence-electron chi connectivity index (χ3n) is 5.86. The standard InChI is InChI=1S/C21H19F3N2O3/c1-18(2,3)20(16(27)25-17(28)26-20)19(29)13-10-9-12(11-7-5-4-6-8-11)14(19)15(13)21(22,23)24/h4-10,29H,1-3H3,(H2,25,26,27,28). The van der Waals surface area contributed by atoms with Crippen molar-refractivity contribution < 1.29 is 27.9 Å². The van der Waals surface area contributed by atoms with Crippen molar-refractivity contribution in [1.29, 1.82) is 0 Å². The van der Waals surface area contributed by atoms with Crippen LogP contribution in [0.15, 0.2) is 59.2 Å². The van der Waals surface area contributed by atoms with Crippen LogP contribution in [0.4, 0.5) is 18.0 Å². The Morgan fingerprint density at radius 3 is 2.10 bits per heavy atom. The molecule has 0 spiro atoms. The lowest BCUT2D eigenvalue weighted by Gasteiger charge is -2.58. The number of rotatable bonds is 2. The molecule has 3 aliphatic rings. The Labute approximate surface area is 165 Å². The molecule has 29 heavy (non-hydrogen) atoms. The van der Waals surface area contributed by atoms with Crippen LogP contribution < -0.4 is 10.6 Å². The molecule has 1 aromatic rings. The monoisotopic (exact) mass is 404 g/mol. The number of amides is 3. The summed E-state index contributed by atoms with van der Waals surface area (Å²) in [5, 5.41) is 16.3. The molecule has 2 bridgehead atoms. The number of urea groups is 1. The molecule has 2 aliphatic carbocycles. The maximum atomic E-state index is 13.9. The topological polar surface area (TPSA) is 78.4 Å². The molecule has 4 rings (SSSR count). The summed E-state index contributed by atoms with van der Waals surface area (Å²) in [7, 11) is 0. The highest BCUT2D eigenvalue weighted by atomic mass is 19.4. The van der Waals surface area contributed by atoms with Gasteiger partial charge in [0.25, 0.3) is 5.91 Å². The third kappa shape index (κ3) is 2.26. The molecule has 1 heterocycles. The second-order valence-corrected chi connectivity index (χ2v) is 8.39. The van der Waals surface area contributed by atoms with Crippen molar-refractivity contribution in [3.05, 3.63) is 64.8 Å². The summed E-state index contributed by atoms with van der Waals surface area (Å²) in [5.74, 6) is -0.864. The highest BCUT2D eigenvalue weighted by molar-refractivity contribution is 6.11. The first-order valence-electron chi connectivity index (χ1n) is 9.02. The van der Waals surface area contributed by atoms with Gasteiger partial charge in [-0.2, -0.15) is 13.2 Å². The van der Waals surface area contributed by atoms with Crippen LogP contribution in [-0.2, 0) is 4.79 Å². The third-order valence-corrected chi connectivity index (χ3v) is 5.86. The van der Waals surface area contributed by atoms with Gasteiger partial charge in [-0.05, 0) is 16.6 Å². The minimum Gasteiger partial charge on any atom is -0.377 e. The first-order valence-corrected chi connectivity index (χ1v) is 9.02. The van der Waals surface area contributed by atoms with E-state index in [1.54, 1.807) is 51.1 Å². The van der Waals surface area contributed by atoms with Gasteiger partial charge in [-0.15, -0.1) is 0 Å². The van der Waals surface area contributed by atoms with Crippen LogP contribution >= 0.6 is 0 Å². The van der Waals surface area contributed by atoms with E-state index < -0.39 is 51.4 Å². The van der Waals surface area contributed by atoms with Crippen LogP contribution in [0.2, 0.25) is 0 Å². The van der Waals surface area contributed by atoms with Gasteiger partial charge in [-0.1, -0.05) is 63.3 Å². The fourth-order valence-electron chi connectivity index (χ4n) is 4.68. The molecule has 0 aromatic heterocycles. The zero-order chi connectivity index (χ0) is 21.4. The van der Waals surface area contributed by atoms with Crippen molar-refractivity contribution in [2.24, 2.45) is 5.41 Å². The maximum absolute atomic E-state index is 13.9. The number of carbonyl (C=O) groups is 2. The lowest BCUT2D eigenvalue weighted by molar-refractivity contribution is -0.144. The van der Waals surface area contributed by atoms with Gasteiger partial charge in [-0.25, -0.2) is 4.79 Å². The zero-order valence-electron chi connectivity index (χ0n) is 15.9. The van der Waals surface area contributed by atoms with E-state index in [-0.39, 0.29) is 5.57 Å². The van der Waals surface area contributed by atoms with Gasteiger partial charge in [0.05, 0.1) is 5.57 Å². The maximum Gasteiger partial charge on any atom is 0.417 e. The van der Waals surface area contributed by atoms with Crippen molar-refractivity contribution in [2.75, 3.05) is 0 Å². The van der Waals surface area contributed by atoms with Crippen molar-refractivity contribution >= 4 is 17.5 Å². The number of aliphatic hydroxyl groups is 1. The number of allylic oxidation sites excluding steroid dienone is 2. The summed E-state index contributed by atoms with van der Waals surface area (Å²) in [4.78, 5) is 24.9. The van der Waals surface area contributed by atoms with E-state index in [9.17, 15) is 27.9 Å². The van der Waals surface area contributed by atoms with E-state index in [2.05, 4.69) is 10.6 Å². The molecular weight excluding hydrogens is 385 g/mol. The normalized spacial score (nSPS) is 29.1. The molecule has 0 saturated carbocycles. The molecule has 5 nitrogen and oxygen atoms in total. The Kier molecular flexibility index (Phi) is 3.75. The van der Waals surface area contributed by atoms with Crippen LogP contribution in [0.3, 0.4) is 0 Å². The Balaban J connectivity index is 2.02. The Morgan fingerprint density at radius 2 is 1.62 bits per heavy atom. The fourth-order valence-corrected chi connectivity index (χ4v) is 4.68. The molecule has 3 amide bonds. The summed E-state index contributed by atoms with van der Waals surface area (Å²) in [6.07, 6.45) is -2.06. The van der Waals surface area contributed by atoms with E-state index in [1.807, 2.05) is 0 Å². The molecule has 3 N–H and O–H groups in total. The fraction of sp³-hybridized carbons (Fsp3) is 0.333. The van der Waals surface area contributed by atoms with Gasteiger partial charge < -0.3 is 10.4 Å². The zero-order valence-corrected chi connectivity index (χ0v) is 15.9. The predicted octanol–water partition coefficient (Wildman–Crippen LogP) is 3.24. The van der Waals surface area contributed by atoms with E-state index in [4.69, 9.17) is 0 Å². The summed E-state index contributed by atoms with van der Waals surface area (Å²) < 4.78 is 41.7. The summed E-state index contributed by atoms with van der Waals surface area (Å²) >= 11 is 0. The number of benzene rings is 1. The number of imide groups is 1. The number of alkyl halides is 3. The summed E-state index contributed by atoms with van der Waals surface area (Å²) in [6.45, 7) is 4.76. The van der Waals surface area contributed by atoms with Gasteiger partial charge in [0.15, 0.2) is 5.54 Å². The minimum atomic E-state index is -4.74. The van der Waals surface area contributed by atoms with Crippen LogP contribution in [0.1, 0.15) is 26.3 Å². The Bertz CT molecular complexity index is 1030. The van der Waals surface area contributed by atoms with E-state index in [1.165, 1.54) is 12.2 Å². The molecule has 1 fully saturated rings. The highest BCUT2D eigenvalue weighted by Gasteiger charge is 2.75. The second-order valence-electron chi connectivity index (χ2n) is 8.39. The number of hydrogen-bond donors (Lipinski definition) is 3. The number of fused-ring (bicyclic) bond motifs is 2. The molecule has 1 aliphatic heterocycles. The lowest BCUT2D eigenvalue weighted by Crippen LogP contribution is -2.76. The number of carbonyl (C=O) groups excluding carboxylic acids is 2. The molecule has 1 aromatic carbocycles. The highest BCUT2D eigenvalue weighted by Crippen LogP contribution is 2.64. The van der Waals surface area contributed by atoms with Gasteiger partial charge in [0, 0.05) is 11.1 Å². The first kappa shape index (κ1) is 19.4. The van der Waals surface area contributed by atoms with Gasteiger partial charge >= 0.3 is 12.2 Å². The average molecular weight is 404 g/mol. The first-order chi connectivity index (χ1) is 13.4. The molecule has 8 heteroatoms. The van der Waals surface area contributed by atoms with Crippen molar-refractivity contribution in [3.63, 3.8) is 0 Å². The number of halogens is 3. The molecule has 1 saturated heterocycles. The molecule has 2 atom stereocenters. The number of hydrogen-bond acceptors (Lipinski definition) is 3. The second kappa shape index (κ2) is 5.60. The van der Waals surface area contributed by atoms with Gasteiger partial charge in [-0.3, -0.25) is 10.1 Å². The minimum absolute atomic E-state index is 0.160. The van der Waals surface area contributed by atoms with Crippen LogP contribution in [0.5, 0.6) is 0 Å². The average Bonchev–Trinajstić information content (AvgIpc) is 2.95. The van der Waals surface area contributed by atoms with Crippen LogP contribution in [-0.4, -0.2) is 34.4 Å². The smallest absolute Gasteiger partial charge is 0.377 e. The van der Waals surface area contributed by atoms with Gasteiger partial charge in [0.1, 0.15) is 5.60 Å². The number of nitrogens with one attached hydrogen (secondary N) is 2. The van der Waals surface area contributed by atoms with Crippen LogP contribution in [0.25, 0.3) is 5.57 Å². The molecule has 2 unspecified atom stereocenters. The SMILES string of the molecule is CC(C)(C)C1(C2(O)c3ccc(-c4ccccc4)c2c3C(F)(F)F)NC(=O)NC1=O. The quantitative estimate of drug-likeness (QED) is 0.663. The Morgan fingerprint density at radius 1 is 1.00 bits per heavy atom. The summed E-state index contributed by atoms with van der Waals surface area (Å²) in [5.41, 5.74) is -6.64. The van der Waals surface area contributed by atoms with E-state index in [0.29, 0.717) is 5.56 Å². The van der Waals surface area contributed by atoms with E-state index in [0.717, 1.165) is 0 Å². The van der Waals surface area contributed by atoms with Crippen molar-refractivity contribution in [1.82, 2.24) is 10.6 Å². The Hall–Kier alpha value is -2.87. The predicted molar refractivity (Wildman–Crippen MR) is 99.4 cm³/mol. The molecule has 152 valence electrons. The largest absolute Gasteiger partial charge is 0.417 e.